The highest BCUT2D eigenvalue weighted by molar-refractivity contribution is 6.09. The Morgan fingerprint density at radius 3 is 2.59 bits per heavy atom. The summed E-state index contributed by atoms with van der Waals surface area (Å²) in [5.41, 5.74) is 0.391. The largest absolute Gasteiger partial charge is 0.494 e. The van der Waals surface area contributed by atoms with Crippen molar-refractivity contribution in [2.24, 2.45) is 0 Å². The molecule has 0 saturated heterocycles. The minimum absolute atomic E-state index is 0.00412. The van der Waals surface area contributed by atoms with Gasteiger partial charge in [-0.05, 0) is 24.3 Å². The van der Waals surface area contributed by atoms with Crippen LogP contribution in [0.4, 0.5) is 4.39 Å². The molecule has 0 aliphatic carbocycles. The molecule has 1 heterocycles. The number of hydrogen-bond acceptors (Lipinski definition) is 3. The molecule has 4 heteroatoms. The summed E-state index contributed by atoms with van der Waals surface area (Å²) < 4.78 is 18.7. The number of rotatable bonds is 3. The predicted molar refractivity (Wildman–Crippen MR) is 60.6 cm³/mol. The second-order valence-corrected chi connectivity index (χ2v) is 3.39. The first-order chi connectivity index (χ1) is 8.24. The molecule has 0 aliphatic rings. The van der Waals surface area contributed by atoms with Gasteiger partial charge >= 0.3 is 0 Å². The molecule has 1 aromatic carbocycles. The third-order valence-electron chi connectivity index (χ3n) is 2.37. The lowest BCUT2D eigenvalue weighted by atomic mass is 10.0. The van der Waals surface area contributed by atoms with Crippen molar-refractivity contribution in [1.29, 1.82) is 0 Å². The molecule has 2 aromatic rings. The first kappa shape index (κ1) is 11.3. The van der Waals surface area contributed by atoms with E-state index in [-0.39, 0.29) is 17.1 Å². The summed E-state index contributed by atoms with van der Waals surface area (Å²) in [6, 6.07) is 7.57. The van der Waals surface area contributed by atoms with E-state index in [2.05, 4.69) is 4.98 Å². The molecule has 1 aromatic heterocycles. The molecule has 0 fully saturated rings. The van der Waals surface area contributed by atoms with Gasteiger partial charge in [-0.25, -0.2) is 4.39 Å². The van der Waals surface area contributed by atoms with Gasteiger partial charge in [-0.2, -0.15) is 0 Å². The van der Waals surface area contributed by atoms with E-state index in [1.54, 1.807) is 18.2 Å². The third-order valence-corrected chi connectivity index (χ3v) is 2.37. The van der Waals surface area contributed by atoms with Crippen molar-refractivity contribution in [3.05, 3.63) is 59.7 Å². The molecule has 0 spiro atoms. The van der Waals surface area contributed by atoms with Crippen molar-refractivity contribution in [2.75, 3.05) is 7.11 Å². The van der Waals surface area contributed by atoms with Crippen LogP contribution >= 0.6 is 0 Å². The molecule has 0 amide bonds. The first-order valence-electron chi connectivity index (χ1n) is 5.01. The van der Waals surface area contributed by atoms with Crippen LogP contribution in [-0.2, 0) is 0 Å². The maximum atomic E-state index is 13.8. The monoisotopic (exact) mass is 231 g/mol. The zero-order valence-electron chi connectivity index (χ0n) is 9.18. The van der Waals surface area contributed by atoms with Crippen LogP contribution in [0.25, 0.3) is 0 Å². The summed E-state index contributed by atoms with van der Waals surface area (Å²) >= 11 is 0. The molecule has 0 unspecified atom stereocenters. The topological polar surface area (TPSA) is 39.2 Å². The van der Waals surface area contributed by atoms with Crippen molar-refractivity contribution in [3.63, 3.8) is 0 Å². The molecular weight excluding hydrogens is 221 g/mol. The van der Waals surface area contributed by atoms with Crippen molar-refractivity contribution >= 4 is 5.78 Å². The van der Waals surface area contributed by atoms with E-state index in [9.17, 15) is 9.18 Å². The lowest BCUT2D eigenvalue weighted by molar-refractivity contribution is 0.103. The van der Waals surface area contributed by atoms with E-state index >= 15 is 0 Å². The minimum atomic E-state index is -0.642. The summed E-state index contributed by atoms with van der Waals surface area (Å²) in [7, 11) is 1.36. The van der Waals surface area contributed by atoms with E-state index in [1.807, 2.05) is 0 Å². The molecular formula is C13H10FNO2. The highest BCUT2D eigenvalue weighted by Crippen LogP contribution is 2.22. The minimum Gasteiger partial charge on any atom is -0.494 e. The van der Waals surface area contributed by atoms with Crippen LogP contribution in [0.5, 0.6) is 5.75 Å². The number of carbonyl (C=O) groups is 1. The van der Waals surface area contributed by atoms with Gasteiger partial charge < -0.3 is 4.74 Å². The second kappa shape index (κ2) is 4.74. The van der Waals surface area contributed by atoms with Crippen molar-refractivity contribution in [1.82, 2.24) is 4.98 Å². The van der Waals surface area contributed by atoms with Gasteiger partial charge in [0.05, 0.1) is 12.7 Å². The number of ketones is 1. The van der Waals surface area contributed by atoms with Gasteiger partial charge in [0, 0.05) is 18.0 Å². The van der Waals surface area contributed by atoms with E-state index < -0.39 is 5.82 Å². The van der Waals surface area contributed by atoms with Crippen LogP contribution in [0, 0.1) is 5.82 Å². The maximum Gasteiger partial charge on any atom is 0.196 e. The standard InChI is InChI=1S/C13H10FNO2/c1-17-11-4-2-3-10(12(11)14)13(16)9-5-7-15-8-6-9/h2-8H,1H3. The Morgan fingerprint density at radius 2 is 1.94 bits per heavy atom. The first-order valence-corrected chi connectivity index (χ1v) is 5.01. The smallest absolute Gasteiger partial charge is 0.196 e. The number of pyridine rings is 1. The van der Waals surface area contributed by atoms with Gasteiger partial charge in [-0.1, -0.05) is 6.07 Å². The Balaban J connectivity index is 2.45. The van der Waals surface area contributed by atoms with Crippen molar-refractivity contribution in [2.45, 2.75) is 0 Å². The SMILES string of the molecule is COc1cccc(C(=O)c2ccncc2)c1F. The Labute approximate surface area is 97.9 Å². The van der Waals surface area contributed by atoms with Crippen molar-refractivity contribution in [3.8, 4) is 5.75 Å². The average molecular weight is 231 g/mol. The number of carbonyl (C=O) groups excluding carboxylic acids is 1. The summed E-state index contributed by atoms with van der Waals surface area (Å²) in [5.74, 6) is -0.967. The molecule has 86 valence electrons. The summed E-state index contributed by atoms with van der Waals surface area (Å²) in [6.07, 6.45) is 2.98. The summed E-state index contributed by atoms with van der Waals surface area (Å²) in [4.78, 5) is 15.8. The number of hydrogen-bond donors (Lipinski definition) is 0. The normalized spacial score (nSPS) is 10.0. The molecule has 0 N–H and O–H groups in total. The van der Waals surface area contributed by atoms with Crippen LogP contribution in [0.2, 0.25) is 0 Å². The number of methoxy groups -OCH3 is 1. The average Bonchev–Trinajstić information content (AvgIpc) is 2.39. The molecule has 0 radical (unpaired) electrons. The summed E-state index contributed by atoms with van der Waals surface area (Å²) in [5, 5.41) is 0. The quantitative estimate of drug-likeness (QED) is 0.762. The molecule has 0 saturated carbocycles. The Morgan fingerprint density at radius 1 is 1.24 bits per heavy atom. The van der Waals surface area contributed by atoms with E-state index in [0.717, 1.165) is 0 Å². The lowest BCUT2D eigenvalue weighted by Gasteiger charge is -2.06. The molecule has 0 aliphatic heterocycles. The van der Waals surface area contributed by atoms with Gasteiger partial charge in [0.25, 0.3) is 0 Å². The fourth-order valence-corrected chi connectivity index (χ4v) is 1.50. The molecule has 0 bridgehead atoms. The third kappa shape index (κ3) is 2.15. The van der Waals surface area contributed by atoms with Crippen LogP contribution < -0.4 is 4.74 Å². The molecule has 2 rings (SSSR count). The van der Waals surface area contributed by atoms with Gasteiger partial charge in [0.1, 0.15) is 0 Å². The Kier molecular flexibility index (Phi) is 3.14. The Hall–Kier alpha value is -2.23. The zero-order valence-corrected chi connectivity index (χ0v) is 9.18. The van der Waals surface area contributed by atoms with Crippen LogP contribution in [-0.4, -0.2) is 17.9 Å². The number of aromatic nitrogens is 1. The van der Waals surface area contributed by atoms with Gasteiger partial charge in [0.2, 0.25) is 0 Å². The van der Waals surface area contributed by atoms with Gasteiger partial charge in [0.15, 0.2) is 17.3 Å². The van der Waals surface area contributed by atoms with Crippen LogP contribution in [0.1, 0.15) is 15.9 Å². The van der Waals surface area contributed by atoms with E-state index in [1.165, 1.54) is 31.6 Å². The number of halogens is 1. The molecule has 0 atom stereocenters. The fourth-order valence-electron chi connectivity index (χ4n) is 1.50. The van der Waals surface area contributed by atoms with Gasteiger partial charge in [-0.15, -0.1) is 0 Å². The van der Waals surface area contributed by atoms with Crippen molar-refractivity contribution < 1.29 is 13.9 Å². The van der Waals surface area contributed by atoms with E-state index in [0.29, 0.717) is 5.56 Å². The lowest BCUT2D eigenvalue weighted by Crippen LogP contribution is -2.05. The highest BCUT2D eigenvalue weighted by atomic mass is 19.1. The number of benzene rings is 1. The second-order valence-electron chi connectivity index (χ2n) is 3.39. The maximum absolute atomic E-state index is 13.8. The highest BCUT2D eigenvalue weighted by Gasteiger charge is 2.16. The zero-order chi connectivity index (χ0) is 12.3. The number of nitrogens with zero attached hydrogens (tertiary/aromatic N) is 1. The van der Waals surface area contributed by atoms with E-state index in [4.69, 9.17) is 4.74 Å². The summed E-state index contributed by atoms with van der Waals surface area (Å²) in [6.45, 7) is 0. The predicted octanol–water partition coefficient (Wildman–Crippen LogP) is 2.46. The molecule has 17 heavy (non-hydrogen) atoms. The number of ether oxygens (including phenoxy) is 1. The van der Waals surface area contributed by atoms with Crippen LogP contribution in [0.15, 0.2) is 42.7 Å². The van der Waals surface area contributed by atoms with Crippen LogP contribution in [0.3, 0.4) is 0 Å². The Bertz CT molecular complexity index is 540. The molecule has 3 nitrogen and oxygen atoms in total. The van der Waals surface area contributed by atoms with Gasteiger partial charge in [-0.3, -0.25) is 9.78 Å². The fraction of sp³-hybridized carbons (Fsp3) is 0.0769.